The zero-order valence-electron chi connectivity index (χ0n) is 13.5. The van der Waals surface area contributed by atoms with E-state index in [1.165, 1.54) is 35.3 Å². The Morgan fingerprint density at radius 3 is 2.79 bits per heavy atom. The summed E-state index contributed by atoms with van der Waals surface area (Å²) in [6.07, 6.45) is 4.64. The zero-order chi connectivity index (χ0) is 16.5. The summed E-state index contributed by atoms with van der Waals surface area (Å²) in [4.78, 5) is 17.0. The molecule has 3 aromatic rings. The topological polar surface area (TPSA) is 51.2 Å². The van der Waals surface area contributed by atoms with Crippen LogP contribution in [0.1, 0.15) is 34.3 Å². The second-order valence-corrected chi connectivity index (χ2v) is 7.03. The molecule has 1 amide bonds. The molecule has 4 nitrogen and oxygen atoms in total. The lowest BCUT2D eigenvalue weighted by Gasteiger charge is -2.16. The standard InChI is InChI=1S/C19H18N2O2S/c1-23-15-8-9-16-17(11-15)24-19(20-16)21-18(22)14-7-6-12-4-2-3-5-13(12)10-14/h6-11H,2-5H2,1H3,(H,20,21,22). The van der Waals surface area contributed by atoms with Gasteiger partial charge in [0.2, 0.25) is 0 Å². The lowest BCUT2D eigenvalue weighted by atomic mass is 9.90. The van der Waals surface area contributed by atoms with E-state index in [4.69, 9.17) is 4.74 Å². The number of benzene rings is 2. The van der Waals surface area contributed by atoms with Crippen molar-refractivity contribution in [2.24, 2.45) is 0 Å². The van der Waals surface area contributed by atoms with Gasteiger partial charge in [0.1, 0.15) is 5.75 Å². The Hall–Kier alpha value is -2.40. The van der Waals surface area contributed by atoms with Crippen molar-refractivity contribution in [3.05, 3.63) is 53.1 Å². The van der Waals surface area contributed by atoms with Gasteiger partial charge in [-0.15, -0.1) is 0 Å². The summed E-state index contributed by atoms with van der Waals surface area (Å²) in [6, 6.07) is 11.7. The number of nitrogens with zero attached hydrogens (tertiary/aromatic N) is 1. The second-order valence-electron chi connectivity index (χ2n) is 6.00. The van der Waals surface area contributed by atoms with Crippen molar-refractivity contribution in [3.8, 4) is 5.75 Å². The number of amides is 1. The first kappa shape index (κ1) is 15.1. The minimum Gasteiger partial charge on any atom is -0.497 e. The van der Waals surface area contributed by atoms with Crippen molar-refractivity contribution in [1.29, 1.82) is 0 Å². The van der Waals surface area contributed by atoms with E-state index >= 15 is 0 Å². The van der Waals surface area contributed by atoms with Crippen LogP contribution in [-0.4, -0.2) is 18.0 Å². The third-order valence-electron chi connectivity index (χ3n) is 4.43. The number of ether oxygens (including phenoxy) is 1. The quantitative estimate of drug-likeness (QED) is 0.768. The molecule has 1 aromatic heterocycles. The highest BCUT2D eigenvalue weighted by Crippen LogP contribution is 2.29. The largest absolute Gasteiger partial charge is 0.497 e. The lowest BCUT2D eigenvalue weighted by molar-refractivity contribution is 0.102. The van der Waals surface area contributed by atoms with Gasteiger partial charge >= 0.3 is 0 Å². The summed E-state index contributed by atoms with van der Waals surface area (Å²) >= 11 is 1.46. The van der Waals surface area contributed by atoms with Gasteiger partial charge in [-0.2, -0.15) is 0 Å². The van der Waals surface area contributed by atoms with Gasteiger partial charge in [-0.3, -0.25) is 10.1 Å². The van der Waals surface area contributed by atoms with Crippen LogP contribution in [0.4, 0.5) is 5.13 Å². The summed E-state index contributed by atoms with van der Waals surface area (Å²) < 4.78 is 6.22. The highest BCUT2D eigenvalue weighted by atomic mass is 32.1. The number of carbonyl (C=O) groups excluding carboxylic acids is 1. The van der Waals surface area contributed by atoms with E-state index in [1.807, 2.05) is 30.3 Å². The van der Waals surface area contributed by atoms with E-state index < -0.39 is 0 Å². The number of aryl methyl sites for hydroxylation is 2. The van der Waals surface area contributed by atoms with Crippen LogP contribution >= 0.6 is 11.3 Å². The number of thiazole rings is 1. The Balaban J connectivity index is 1.57. The van der Waals surface area contributed by atoms with E-state index in [0.717, 1.165) is 28.8 Å². The van der Waals surface area contributed by atoms with Crippen LogP contribution in [0.15, 0.2) is 36.4 Å². The van der Waals surface area contributed by atoms with Crippen molar-refractivity contribution in [3.63, 3.8) is 0 Å². The molecule has 1 aliphatic rings. The molecule has 2 aromatic carbocycles. The molecule has 1 N–H and O–H groups in total. The van der Waals surface area contributed by atoms with Crippen LogP contribution < -0.4 is 10.1 Å². The van der Waals surface area contributed by atoms with Gasteiger partial charge in [0.05, 0.1) is 17.3 Å². The molecule has 5 heteroatoms. The fraction of sp³-hybridized carbons (Fsp3) is 0.263. The minimum absolute atomic E-state index is 0.102. The highest BCUT2D eigenvalue weighted by molar-refractivity contribution is 7.22. The van der Waals surface area contributed by atoms with Crippen LogP contribution in [0.2, 0.25) is 0 Å². The molecule has 0 unspecified atom stereocenters. The van der Waals surface area contributed by atoms with Crippen molar-refractivity contribution in [2.75, 3.05) is 12.4 Å². The molecule has 24 heavy (non-hydrogen) atoms. The van der Waals surface area contributed by atoms with Crippen molar-refractivity contribution < 1.29 is 9.53 Å². The summed E-state index contributed by atoms with van der Waals surface area (Å²) in [7, 11) is 1.64. The molecule has 1 heterocycles. The van der Waals surface area contributed by atoms with Gasteiger partial charge in [-0.05, 0) is 67.1 Å². The van der Waals surface area contributed by atoms with E-state index in [0.29, 0.717) is 10.7 Å². The third-order valence-corrected chi connectivity index (χ3v) is 5.36. The van der Waals surface area contributed by atoms with Gasteiger partial charge in [0.25, 0.3) is 5.91 Å². The predicted octanol–water partition coefficient (Wildman–Crippen LogP) is 4.44. The molecule has 1 aliphatic carbocycles. The molecule has 0 bridgehead atoms. The van der Waals surface area contributed by atoms with Crippen molar-refractivity contribution >= 4 is 32.6 Å². The van der Waals surface area contributed by atoms with Crippen LogP contribution in [0.3, 0.4) is 0 Å². The number of carbonyl (C=O) groups is 1. The van der Waals surface area contributed by atoms with Crippen LogP contribution in [0.5, 0.6) is 5.75 Å². The minimum atomic E-state index is -0.102. The van der Waals surface area contributed by atoms with Gasteiger partial charge in [-0.25, -0.2) is 4.98 Å². The smallest absolute Gasteiger partial charge is 0.257 e. The molecular weight excluding hydrogens is 320 g/mol. The van der Waals surface area contributed by atoms with Crippen LogP contribution in [-0.2, 0) is 12.8 Å². The lowest BCUT2D eigenvalue weighted by Crippen LogP contribution is -2.13. The average molecular weight is 338 g/mol. The Morgan fingerprint density at radius 2 is 1.96 bits per heavy atom. The molecule has 0 atom stereocenters. The number of nitrogens with one attached hydrogen (secondary N) is 1. The Morgan fingerprint density at radius 1 is 1.12 bits per heavy atom. The van der Waals surface area contributed by atoms with Crippen molar-refractivity contribution in [2.45, 2.75) is 25.7 Å². The van der Waals surface area contributed by atoms with Gasteiger partial charge in [0.15, 0.2) is 5.13 Å². The fourth-order valence-electron chi connectivity index (χ4n) is 3.13. The normalized spacial score (nSPS) is 13.5. The molecule has 122 valence electrons. The monoisotopic (exact) mass is 338 g/mol. The molecule has 0 saturated carbocycles. The number of hydrogen-bond acceptors (Lipinski definition) is 4. The highest BCUT2D eigenvalue weighted by Gasteiger charge is 2.14. The predicted molar refractivity (Wildman–Crippen MR) is 97.2 cm³/mol. The number of methoxy groups -OCH3 is 1. The third kappa shape index (κ3) is 2.87. The first-order chi connectivity index (χ1) is 11.7. The van der Waals surface area contributed by atoms with E-state index in [9.17, 15) is 4.79 Å². The van der Waals surface area contributed by atoms with Gasteiger partial charge in [0, 0.05) is 5.56 Å². The molecule has 0 radical (unpaired) electrons. The first-order valence-corrected chi connectivity index (χ1v) is 8.92. The summed E-state index contributed by atoms with van der Waals surface area (Å²) in [6.45, 7) is 0. The SMILES string of the molecule is COc1ccc2nc(NC(=O)c3ccc4c(c3)CCCC4)sc2c1. The average Bonchev–Trinajstić information content (AvgIpc) is 3.02. The van der Waals surface area contributed by atoms with E-state index in [-0.39, 0.29) is 5.91 Å². The maximum atomic E-state index is 12.5. The number of fused-ring (bicyclic) bond motifs is 2. The Bertz CT molecular complexity index is 917. The summed E-state index contributed by atoms with van der Waals surface area (Å²) in [5.74, 6) is 0.688. The zero-order valence-corrected chi connectivity index (χ0v) is 14.3. The van der Waals surface area contributed by atoms with E-state index in [1.54, 1.807) is 7.11 Å². The number of anilines is 1. The number of rotatable bonds is 3. The molecule has 0 spiro atoms. The Kier molecular flexibility index (Phi) is 3.94. The molecular formula is C19H18N2O2S. The Labute approximate surface area is 144 Å². The van der Waals surface area contributed by atoms with Crippen LogP contribution in [0.25, 0.3) is 10.2 Å². The molecule has 0 fully saturated rings. The number of hydrogen-bond donors (Lipinski definition) is 1. The second kappa shape index (κ2) is 6.24. The summed E-state index contributed by atoms with van der Waals surface area (Å²) in [5, 5.41) is 3.53. The van der Waals surface area contributed by atoms with Crippen molar-refractivity contribution in [1.82, 2.24) is 4.98 Å². The van der Waals surface area contributed by atoms with Gasteiger partial charge in [-0.1, -0.05) is 17.4 Å². The van der Waals surface area contributed by atoms with Crippen LogP contribution in [0, 0.1) is 0 Å². The molecule has 4 rings (SSSR count). The first-order valence-electron chi connectivity index (χ1n) is 8.11. The van der Waals surface area contributed by atoms with E-state index in [2.05, 4.69) is 16.4 Å². The number of aromatic nitrogens is 1. The van der Waals surface area contributed by atoms with Gasteiger partial charge < -0.3 is 4.74 Å². The maximum absolute atomic E-state index is 12.5. The fourth-order valence-corrected chi connectivity index (χ4v) is 4.02. The maximum Gasteiger partial charge on any atom is 0.257 e. The molecule has 0 saturated heterocycles. The molecule has 0 aliphatic heterocycles. The summed E-state index contributed by atoms with van der Waals surface area (Å²) in [5.41, 5.74) is 4.25.